The van der Waals surface area contributed by atoms with E-state index in [2.05, 4.69) is 0 Å². The number of nitrogens with zero attached hydrogens (tertiary/aromatic N) is 1. The molecule has 2 aliphatic rings. The van der Waals surface area contributed by atoms with Crippen molar-refractivity contribution in [2.75, 3.05) is 5.75 Å². The highest BCUT2D eigenvalue weighted by Crippen LogP contribution is 2.45. The minimum Gasteiger partial charge on any atom is -0.479 e. The summed E-state index contributed by atoms with van der Waals surface area (Å²) in [6.07, 6.45) is 1.93. The molecule has 1 aliphatic heterocycles. The van der Waals surface area contributed by atoms with Gasteiger partial charge in [-0.15, -0.1) is 0 Å². The van der Waals surface area contributed by atoms with Crippen molar-refractivity contribution in [3.05, 3.63) is 29.8 Å². The van der Waals surface area contributed by atoms with Gasteiger partial charge < -0.3 is 10.0 Å². The van der Waals surface area contributed by atoms with E-state index in [0.717, 1.165) is 12.8 Å². The second-order valence-electron chi connectivity index (χ2n) is 5.47. The molecule has 0 aromatic heterocycles. The monoisotopic (exact) mass is 309 g/mol. The van der Waals surface area contributed by atoms with Crippen LogP contribution in [0.3, 0.4) is 0 Å². The number of carboxylic acid groups (broad SMARTS) is 1. The largest absolute Gasteiger partial charge is 0.479 e. The lowest BCUT2D eigenvalue weighted by Gasteiger charge is -2.42. The van der Waals surface area contributed by atoms with Crippen molar-refractivity contribution < 1.29 is 23.1 Å². The van der Waals surface area contributed by atoms with Crippen LogP contribution in [0, 0.1) is 0 Å². The zero-order chi connectivity index (χ0) is 15.3. The van der Waals surface area contributed by atoms with E-state index in [1.165, 1.54) is 17.0 Å². The van der Waals surface area contributed by atoms with Crippen molar-refractivity contribution in [2.24, 2.45) is 0 Å². The smallest absolute Gasteiger partial charge is 0.334 e. The molecule has 0 spiro atoms. The van der Waals surface area contributed by atoms with E-state index in [-0.39, 0.29) is 28.7 Å². The Morgan fingerprint density at radius 1 is 1.33 bits per heavy atom. The fourth-order valence-electron chi connectivity index (χ4n) is 3.05. The molecule has 0 saturated heterocycles. The van der Waals surface area contributed by atoms with Gasteiger partial charge in [0.05, 0.1) is 10.6 Å². The quantitative estimate of drug-likeness (QED) is 0.829. The SMILES string of the molecule is O=CN(C1CC1)C1(C(=O)O)CCS(=O)(=O)c2ccccc21. The van der Waals surface area contributed by atoms with Gasteiger partial charge in [0.1, 0.15) is 0 Å². The lowest BCUT2D eigenvalue weighted by molar-refractivity contribution is -0.157. The molecular weight excluding hydrogens is 294 g/mol. The molecule has 1 fully saturated rings. The third-order valence-corrected chi connectivity index (χ3v) is 6.02. The van der Waals surface area contributed by atoms with E-state index in [1.807, 2.05) is 0 Å². The molecule has 1 atom stereocenters. The lowest BCUT2D eigenvalue weighted by atomic mass is 9.84. The molecule has 0 radical (unpaired) electrons. The minimum absolute atomic E-state index is 0.0196. The maximum absolute atomic E-state index is 12.2. The Balaban J connectivity index is 2.27. The van der Waals surface area contributed by atoms with Crippen LogP contribution in [0.4, 0.5) is 0 Å². The van der Waals surface area contributed by atoms with Gasteiger partial charge in [-0.2, -0.15) is 0 Å². The van der Waals surface area contributed by atoms with E-state index in [1.54, 1.807) is 12.1 Å². The number of sulfone groups is 1. The number of carbonyl (C=O) groups is 2. The first-order valence-electron chi connectivity index (χ1n) is 6.73. The molecule has 1 amide bonds. The zero-order valence-electron chi connectivity index (χ0n) is 11.2. The predicted octanol–water partition coefficient (Wildman–Crippen LogP) is 0.765. The Morgan fingerprint density at radius 2 is 2.00 bits per heavy atom. The van der Waals surface area contributed by atoms with Crippen LogP contribution < -0.4 is 0 Å². The number of aliphatic carboxylic acids is 1. The summed E-state index contributed by atoms with van der Waals surface area (Å²) < 4.78 is 24.4. The number of hydrogen-bond donors (Lipinski definition) is 1. The minimum atomic E-state index is -3.50. The van der Waals surface area contributed by atoms with Gasteiger partial charge in [0, 0.05) is 18.0 Å². The second-order valence-corrected chi connectivity index (χ2v) is 7.55. The molecule has 1 aromatic carbocycles. The van der Waals surface area contributed by atoms with Crippen LogP contribution in [-0.2, 0) is 25.0 Å². The standard InChI is InChI=1S/C14H15NO5S/c16-9-15(10-5-6-10)14(13(17)18)7-8-21(19,20)12-4-2-1-3-11(12)14/h1-4,9-10H,5-8H2,(H,17,18). The van der Waals surface area contributed by atoms with Crippen LogP contribution in [0.5, 0.6) is 0 Å². The van der Waals surface area contributed by atoms with Crippen molar-refractivity contribution in [3.8, 4) is 0 Å². The van der Waals surface area contributed by atoms with E-state index >= 15 is 0 Å². The second kappa shape index (κ2) is 4.56. The Kier molecular flexibility index (Phi) is 3.05. The maximum Gasteiger partial charge on any atom is 0.334 e. The number of fused-ring (bicyclic) bond motifs is 1. The number of carboxylic acids is 1. The van der Waals surface area contributed by atoms with Crippen LogP contribution >= 0.6 is 0 Å². The van der Waals surface area contributed by atoms with Crippen molar-refractivity contribution in [1.29, 1.82) is 0 Å². The molecule has 112 valence electrons. The molecule has 0 bridgehead atoms. The zero-order valence-corrected chi connectivity index (χ0v) is 12.0. The molecule has 21 heavy (non-hydrogen) atoms. The average molecular weight is 309 g/mol. The summed E-state index contributed by atoms with van der Waals surface area (Å²) in [7, 11) is -3.50. The van der Waals surface area contributed by atoms with Crippen LogP contribution in [0.15, 0.2) is 29.2 Å². The summed E-state index contributed by atoms with van der Waals surface area (Å²) in [4.78, 5) is 24.8. The highest BCUT2D eigenvalue weighted by molar-refractivity contribution is 7.91. The molecule has 6 nitrogen and oxygen atoms in total. The van der Waals surface area contributed by atoms with Crippen molar-refractivity contribution >= 4 is 22.2 Å². The van der Waals surface area contributed by atoms with Crippen LogP contribution in [0.1, 0.15) is 24.8 Å². The lowest BCUT2D eigenvalue weighted by Crippen LogP contribution is -2.55. The first kappa shape index (κ1) is 14.1. The first-order valence-corrected chi connectivity index (χ1v) is 8.38. The normalized spacial score (nSPS) is 26.7. The van der Waals surface area contributed by atoms with Crippen LogP contribution in [0.25, 0.3) is 0 Å². The third kappa shape index (κ3) is 1.95. The Morgan fingerprint density at radius 3 is 2.57 bits per heavy atom. The Bertz CT molecular complexity index is 710. The highest BCUT2D eigenvalue weighted by Gasteiger charge is 2.55. The summed E-state index contributed by atoms with van der Waals surface area (Å²) in [5.41, 5.74) is -1.38. The van der Waals surface area contributed by atoms with E-state index in [4.69, 9.17) is 0 Å². The summed E-state index contributed by atoms with van der Waals surface area (Å²) in [6.45, 7) is 0. The van der Waals surface area contributed by atoms with Gasteiger partial charge in [-0.1, -0.05) is 18.2 Å². The molecule has 1 unspecified atom stereocenters. The van der Waals surface area contributed by atoms with Gasteiger partial charge in [0.25, 0.3) is 0 Å². The fraction of sp³-hybridized carbons (Fsp3) is 0.429. The van der Waals surface area contributed by atoms with Gasteiger partial charge in [0.15, 0.2) is 15.4 Å². The topological polar surface area (TPSA) is 91.8 Å². The Labute approximate surface area is 122 Å². The predicted molar refractivity (Wildman–Crippen MR) is 73.4 cm³/mol. The summed E-state index contributed by atoms with van der Waals surface area (Å²) >= 11 is 0. The van der Waals surface area contributed by atoms with Gasteiger partial charge in [-0.25, -0.2) is 13.2 Å². The molecule has 1 heterocycles. The maximum atomic E-state index is 12.2. The number of benzene rings is 1. The van der Waals surface area contributed by atoms with Crippen LogP contribution in [0.2, 0.25) is 0 Å². The molecule has 7 heteroatoms. The Hall–Kier alpha value is -1.89. The molecule has 1 aromatic rings. The molecule has 1 N–H and O–H groups in total. The molecular formula is C14H15NO5S. The first-order chi connectivity index (χ1) is 9.93. The molecule has 1 aliphatic carbocycles. The van der Waals surface area contributed by atoms with Crippen molar-refractivity contribution in [3.63, 3.8) is 0 Å². The van der Waals surface area contributed by atoms with Gasteiger partial charge >= 0.3 is 5.97 Å². The number of amides is 1. The van der Waals surface area contributed by atoms with Crippen molar-refractivity contribution in [2.45, 2.75) is 35.7 Å². The highest BCUT2D eigenvalue weighted by atomic mass is 32.2. The van der Waals surface area contributed by atoms with E-state index in [9.17, 15) is 23.1 Å². The number of hydrogen-bond acceptors (Lipinski definition) is 4. The van der Waals surface area contributed by atoms with Gasteiger partial charge in [-0.3, -0.25) is 4.79 Å². The van der Waals surface area contributed by atoms with E-state index in [0.29, 0.717) is 6.41 Å². The number of rotatable bonds is 4. The number of carbonyl (C=O) groups excluding carboxylic acids is 1. The summed E-state index contributed by atoms with van der Waals surface area (Å²) in [6, 6.07) is 5.97. The van der Waals surface area contributed by atoms with Gasteiger partial charge in [-0.05, 0) is 18.9 Å². The molecule has 1 saturated carbocycles. The van der Waals surface area contributed by atoms with Gasteiger partial charge in [0.2, 0.25) is 6.41 Å². The average Bonchev–Trinajstić information content (AvgIpc) is 3.27. The van der Waals surface area contributed by atoms with Crippen molar-refractivity contribution in [1.82, 2.24) is 4.90 Å². The summed E-state index contributed by atoms with van der Waals surface area (Å²) in [5.74, 6) is -1.45. The fourth-order valence-corrected chi connectivity index (χ4v) is 4.69. The summed E-state index contributed by atoms with van der Waals surface area (Å²) in [5, 5.41) is 9.79. The molecule has 3 rings (SSSR count). The van der Waals surface area contributed by atoms with Crippen LogP contribution in [-0.4, -0.2) is 42.6 Å². The van der Waals surface area contributed by atoms with E-state index < -0.39 is 21.3 Å². The third-order valence-electron chi connectivity index (χ3n) is 4.25.